The molecule has 0 aliphatic carbocycles. The Kier molecular flexibility index (Phi) is 3.87. The average Bonchev–Trinajstić information content (AvgIpc) is 2.27. The number of anilines is 1. The van der Waals surface area contributed by atoms with Crippen LogP contribution < -0.4 is 5.32 Å². The zero-order valence-electron chi connectivity index (χ0n) is 10.9. The Morgan fingerprint density at radius 2 is 1.78 bits per heavy atom. The minimum absolute atomic E-state index is 0.511. The monoisotopic (exact) mass is 260 g/mol. The SMILES string of the molecule is Cc1cc(C)c(CNc2ccnc(Cl)c2)c(C)c1. The summed E-state index contributed by atoms with van der Waals surface area (Å²) in [6.45, 7) is 7.23. The molecular formula is C15H17ClN2. The summed E-state index contributed by atoms with van der Waals surface area (Å²) in [5.74, 6) is 0. The second kappa shape index (κ2) is 5.40. The lowest BCUT2D eigenvalue weighted by Gasteiger charge is -2.13. The van der Waals surface area contributed by atoms with Crippen LogP contribution in [0.1, 0.15) is 22.3 Å². The maximum atomic E-state index is 5.86. The molecule has 0 spiro atoms. The maximum Gasteiger partial charge on any atom is 0.131 e. The van der Waals surface area contributed by atoms with E-state index in [1.165, 1.54) is 22.3 Å². The van der Waals surface area contributed by atoms with Crippen molar-refractivity contribution in [1.29, 1.82) is 0 Å². The van der Waals surface area contributed by atoms with Crippen molar-refractivity contribution in [2.75, 3.05) is 5.32 Å². The number of nitrogens with zero attached hydrogens (tertiary/aromatic N) is 1. The van der Waals surface area contributed by atoms with Crippen LogP contribution in [0.3, 0.4) is 0 Å². The fraction of sp³-hybridized carbons (Fsp3) is 0.267. The number of aryl methyl sites for hydroxylation is 3. The van der Waals surface area contributed by atoms with E-state index in [1.807, 2.05) is 12.1 Å². The quantitative estimate of drug-likeness (QED) is 0.834. The summed E-state index contributed by atoms with van der Waals surface area (Å²) in [5.41, 5.74) is 6.28. The van der Waals surface area contributed by atoms with Gasteiger partial charge in [-0.3, -0.25) is 0 Å². The lowest BCUT2D eigenvalue weighted by molar-refractivity contribution is 1.08. The van der Waals surface area contributed by atoms with Crippen molar-refractivity contribution in [2.45, 2.75) is 27.3 Å². The van der Waals surface area contributed by atoms with Gasteiger partial charge >= 0.3 is 0 Å². The highest BCUT2D eigenvalue weighted by molar-refractivity contribution is 6.29. The van der Waals surface area contributed by atoms with Gasteiger partial charge in [0.2, 0.25) is 0 Å². The van der Waals surface area contributed by atoms with Crippen LogP contribution in [0.25, 0.3) is 0 Å². The minimum Gasteiger partial charge on any atom is -0.381 e. The molecule has 18 heavy (non-hydrogen) atoms. The zero-order valence-corrected chi connectivity index (χ0v) is 11.7. The Bertz CT molecular complexity index is 541. The molecule has 0 fully saturated rings. The highest BCUT2D eigenvalue weighted by Crippen LogP contribution is 2.19. The van der Waals surface area contributed by atoms with E-state index in [4.69, 9.17) is 11.6 Å². The number of aromatic nitrogens is 1. The van der Waals surface area contributed by atoms with Crippen LogP contribution in [0.2, 0.25) is 5.15 Å². The lowest BCUT2D eigenvalue weighted by Crippen LogP contribution is -2.04. The molecule has 0 atom stereocenters. The largest absolute Gasteiger partial charge is 0.381 e. The number of hydrogen-bond acceptors (Lipinski definition) is 2. The molecule has 1 heterocycles. The van der Waals surface area contributed by atoms with Gasteiger partial charge in [-0.25, -0.2) is 4.98 Å². The van der Waals surface area contributed by atoms with Gasteiger partial charge in [0.1, 0.15) is 5.15 Å². The van der Waals surface area contributed by atoms with E-state index in [0.29, 0.717) is 5.15 Å². The number of benzene rings is 1. The van der Waals surface area contributed by atoms with Gasteiger partial charge in [0.15, 0.2) is 0 Å². The molecule has 0 aliphatic rings. The number of rotatable bonds is 3. The van der Waals surface area contributed by atoms with Crippen LogP contribution in [0.15, 0.2) is 30.5 Å². The molecule has 0 saturated carbocycles. The van der Waals surface area contributed by atoms with Crippen LogP contribution in [-0.2, 0) is 6.54 Å². The van der Waals surface area contributed by atoms with Crippen molar-refractivity contribution < 1.29 is 0 Å². The van der Waals surface area contributed by atoms with Crippen molar-refractivity contribution in [3.8, 4) is 0 Å². The summed E-state index contributed by atoms with van der Waals surface area (Å²) in [6.07, 6.45) is 1.71. The molecule has 0 bridgehead atoms. The molecule has 0 aliphatic heterocycles. The third kappa shape index (κ3) is 3.02. The topological polar surface area (TPSA) is 24.9 Å². The number of nitrogens with one attached hydrogen (secondary N) is 1. The van der Waals surface area contributed by atoms with Crippen LogP contribution in [0.5, 0.6) is 0 Å². The average molecular weight is 261 g/mol. The first-order chi connectivity index (χ1) is 8.56. The van der Waals surface area contributed by atoms with Gasteiger partial charge in [0, 0.05) is 18.4 Å². The standard InChI is InChI=1S/C15H17ClN2/c1-10-6-11(2)14(12(3)7-10)9-18-13-4-5-17-15(16)8-13/h4-8H,9H2,1-3H3,(H,17,18). The van der Waals surface area contributed by atoms with Gasteiger partial charge in [-0.15, -0.1) is 0 Å². The van der Waals surface area contributed by atoms with Crippen molar-refractivity contribution in [1.82, 2.24) is 4.98 Å². The van der Waals surface area contributed by atoms with Gasteiger partial charge in [-0.2, -0.15) is 0 Å². The molecule has 2 rings (SSSR count). The molecule has 2 aromatic rings. The van der Waals surface area contributed by atoms with Crippen LogP contribution in [0.4, 0.5) is 5.69 Å². The number of halogens is 1. The number of pyridine rings is 1. The predicted octanol–water partition coefficient (Wildman–Crippen LogP) is 4.27. The Morgan fingerprint density at radius 1 is 1.11 bits per heavy atom. The second-order valence-corrected chi connectivity index (χ2v) is 4.99. The molecule has 1 N–H and O–H groups in total. The third-order valence-electron chi connectivity index (χ3n) is 3.04. The van der Waals surface area contributed by atoms with E-state index in [0.717, 1.165) is 12.2 Å². The third-order valence-corrected chi connectivity index (χ3v) is 3.24. The Hall–Kier alpha value is -1.54. The Morgan fingerprint density at radius 3 is 2.39 bits per heavy atom. The van der Waals surface area contributed by atoms with Crippen molar-refractivity contribution in [3.63, 3.8) is 0 Å². The van der Waals surface area contributed by atoms with Crippen molar-refractivity contribution in [2.24, 2.45) is 0 Å². The molecule has 94 valence electrons. The first kappa shape index (κ1) is 12.9. The molecule has 1 aromatic heterocycles. The molecule has 0 unspecified atom stereocenters. The summed E-state index contributed by atoms with van der Waals surface area (Å²) in [7, 11) is 0. The molecular weight excluding hydrogens is 244 g/mol. The summed E-state index contributed by atoms with van der Waals surface area (Å²) in [4.78, 5) is 3.97. The lowest BCUT2D eigenvalue weighted by atomic mass is 10.00. The maximum absolute atomic E-state index is 5.86. The van der Waals surface area contributed by atoms with E-state index >= 15 is 0 Å². The van der Waals surface area contributed by atoms with Gasteiger partial charge in [-0.1, -0.05) is 29.3 Å². The van der Waals surface area contributed by atoms with Crippen molar-refractivity contribution >= 4 is 17.3 Å². The molecule has 2 nitrogen and oxygen atoms in total. The minimum atomic E-state index is 0.511. The fourth-order valence-electron chi connectivity index (χ4n) is 2.19. The van der Waals surface area contributed by atoms with E-state index in [2.05, 4.69) is 43.2 Å². The summed E-state index contributed by atoms with van der Waals surface area (Å²) >= 11 is 5.86. The smallest absolute Gasteiger partial charge is 0.131 e. The first-order valence-corrected chi connectivity index (χ1v) is 6.36. The van der Waals surface area contributed by atoms with E-state index in [9.17, 15) is 0 Å². The predicted molar refractivity (Wildman–Crippen MR) is 77.2 cm³/mol. The van der Waals surface area contributed by atoms with E-state index in [-0.39, 0.29) is 0 Å². The van der Waals surface area contributed by atoms with E-state index < -0.39 is 0 Å². The fourth-order valence-corrected chi connectivity index (χ4v) is 2.37. The molecule has 0 saturated heterocycles. The molecule has 0 amide bonds. The summed E-state index contributed by atoms with van der Waals surface area (Å²) in [5, 5.41) is 3.89. The molecule has 0 radical (unpaired) electrons. The molecule has 3 heteroatoms. The van der Waals surface area contributed by atoms with Gasteiger partial charge in [0.05, 0.1) is 0 Å². The van der Waals surface area contributed by atoms with E-state index in [1.54, 1.807) is 6.20 Å². The summed E-state index contributed by atoms with van der Waals surface area (Å²) < 4.78 is 0. The highest BCUT2D eigenvalue weighted by Gasteiger charge is 2.04. The van der Waals surface area contributed by atoms with Crippen LogP contribution in [-0.4, -0.2) is 4.98 Å². The van der Waals surface area contributed by atoms with Gasteiger partial charge in [0.25, 0.3) is 0 Å². The van der Waals surface area contributed by atoms with Crippen LogP contribution in [0, 0.1) is 20.8 Å². The normalized spacial score (nSPS) is 10.4. The zero-order chi connectivity index (χ0) is 13.1. The Balaban J connectivity index is 2.16. The summed E-state index contributed by atoms with van der Waals surface area (Å²) in [6, 6.07) is 8.18. The molecule has 1 aromatic carbocycles. The van der Waals surface area contributed by atoms with Gasteiger partial charge < -0.3 is 5.32 Å². The van der Waals surface area contributed by atoms with Gasteiger partial charge in [-0.05, 0) is 49.6 Å². The number of hydrogen-bond donors (Lipinski definition) is 1. The second-order valence-electron chi connectivity index (χ2n) is 4.60. The highest BCUT2D eigenvalue weighted by atomic mass is 35.5. The van der Waals surface area contributed by atoms with Crippen molar-refractivity contribution in [3.05, 3.63) is 57.9 Å². The van der Waals surface area contributed by atoms with Crippen LogP contribution >= 0.6 is 11.6 Å². The first-order valence-electron chi connectivity index (χ1n) is 5.98. The Labute approximate surface area is 113 Å².